The minimum Gasteiger partial charge on any atom is -0.396 e. The van der Waals surface area contributed by atoms with Gasteiger partial charge in [-0.05, 0) is 34.2 Å². The molecule has 4 rings (SSSR count). The maximum absolute atomic E-state index is 10.0. The molecule has 132 valence electrons. The summed E-state index contributed by atoms with van der Waals surface area (Å²) in [5.74, 6) is 0. The molecule has 0 amide bonds. The maximum atomic E-state index is 10.0. The summed E-state index contributed by atoms with van der Waals surface area (Å²) in [6, 6.07) is 15.9. The highest BCUT2D eigenvalue weighted by atomic mass is 16.3. The average molecular weight is 336 g/mol. The third-order valence-electron chi connectivity index (χ3n) is 5.80. The van der Waals surface area contributed by atoms with Crippen LogP contribution in [0.2, 0.25) is 0 Å². The van der Waals surface area contributed by atoms with Gasteiger partial charge >= 0.3 is 0 Å². The Bertz CT molecular complexity index is 762. The van der Waals surface area contributed by atoms with Crippen molar-refractivity contribution in [3.8, 4) is 11.1 Å². The Morgan fingerprint density at radius 2 is 1.76 bits per heavy atom. The molecule has 1 aliphatic carbocycles. The normalized spacial score (nSPS) is 18.7. The van der Waals surface area contributed by atoms with Crippen LogP contribution in [0.4, 0.5) is 0 Å². The van der Waals surface area contributed by atoms with Gasteiger partial charge in [-0.2, -0.15) is 0 Å². The molecule has 2 aromatic rings. The van der Waals surface area contributed by atoms with Gasteiger partial charge in [0.05, 0.1) is 0 Å². The number of fused-ring (bicyclic) bond motifs is 3. The summed E-state index contributed by atoms with van der Waals surface area (Å²) in [4.78, 5) is 2.54. The Labute approximate surface area is 150 Å². The highest BCUT2D eigenvalue weighted by molar-refractivity contribution is 5.77. The number of rotatable bonds is 4. The van der Waals surface area contributed by atoms with Gasteiger partial charge in [-0.25, -0.2) is 0 Å². The molecule has 0 spiro atoms. The molecule has 1 saturated heterocycles. The molecular weight excluding hydrogens is 308 g/mol. The Kier molecular flexibility index (Phi) is 4.40. The van der Waals surface area contributed by atoms with E-state index in [9.17, 15) is 5.11 Å². The summed E-state index contributed by atoms with van der Waals surface area (Å²) in [7, 11) is 0. The second-order valence-corrected chi connectivity index (χ2v) is 8.09. The van der Waals surface area contributed by atoms with E-state index in [1.54, 1.807) is 0 Å². The second-order valence-electron chi connectivity index (χ2n) is 8.09. The maximum Gasteiger partial charge on any atom is 0.0500 e. The van der Waals surface area contributed by atoms with Crippen molar-refractivity contribution in [3.63, 3.8) is 0 Å². The van der Waals surface area contributed by atoms with E-state index in [4.69, 9.17) is 0 Å². The summed E-state index contributed by atoms with van der Waals surface area (Å²) in [6.07, 6.45) is 1.02. The standard InChI is InChI=1S/C22H28N2O/c1-22(2,15-25)21(24-11-9-23-10-12-24)17-7-8-20-18(14-17)13-16-5-3-4-6-19(16)20/h3-8,14,21,23,25H,9-13,15H2,1-2H3/t21-/m1/s1. The van der Waals surface area contributed by atoms with Crippen LogP contribution in [0.25, 0.3) is 11.1 Å². The molecule has 2 aliphatic rings. The van der Waals surface area contributed by atoms with E-state index in [2.05, 4.69) is 66.5 Å². The first-order valence-electron chi connectivity index (χ1n) is 9.37. The van der Waals surface area contributed by atoms with Crippen LogP contribution < -0.4 is 5.32 Å². The lowest BCUT2D eigenvalue weighted by atomic mass is 9.79. The average Bonchev–Trinajstić information content (AvgIpc) is 3.00. The van der Waals surface area contributed by atoms with Crippen LogP contribution in [0.15, 0.2) is 42.5 Å². The molecule has 1 heterocycles. The van der Waals surface area contributed by atoms with E-state index in [0.717, 1.165) is 32.6 Å². The summed E-state index contributed by atoms with van der Waals surface area (Å²) < 4.78 is 0. The first-order valence-corrected chi connectivity index (χ1v) is 9.37. The third-order valence-corrected chi connectivity index (χ3v) is 5.80. The number of hydrogen-bond acceptors (Lipinski definition) is 3. The van der Waals surface area contributed by atoms with Gasteiger partial charge in [-0.3, -0.25) is 4.90 Å². The van der Waals surface area contributed by atoms with E-state index in [0.29, 0.717) is 0 Å². The molecule has 0 radical (unpaired) electrons. The molecule has 0 bridgehead atoms. The summed E-state index contributed by atoms with van der Waals surface area (Å²) in [5, 5.41) is 13.5. The zero-order chi connectivity index (χ0) is 17.4. The largest absolute Gasteiger partial charge is 0.396 e. The fraction of sp³-hybridized carbons (Fsp3) is 0.455. The van der Waals surface area contributed by atoms with Crippen LogP contribution in [0, 0.1) is 5.41 Å². The lowest BCUT2D eigenvalue weighted by Crippen LogP contribution is -2.49. The van der Waals surface area contributed by atoms with Gasteiger partial charge in [0.2, 0.25) is 0 Å². The summed E-state index contributed by atoms with van der Waals surface area (Å²) in [5.41, 5.74) is 6.77. The number of benzene rings is 2. The number of nitrogens with one attached hydrogen (secondary N) is 1. The Hall–Kier alpha value is -1.68. The van der Waals surface area contributed by atoms with Gasteiger partial charge in [0.25, 0.3) is 0 Å². The van der Waals surface area contributed by atoms with Gasteiger partial charge in [0, 0.05) is 44.2 Å². The Morgan fingerprint density at radius 1 is 1.04 bits per heavy atom. The molecule has 25 heavy (non-hydrogen) atoms. The van der Waals surface area contributed by atoms with Crippen molar-refractivity contribution in [2.75, 3.05) is 32.8 Å². The molecule has 2 aromatic carbocycles. The van der Waals surface area contributed by atoms with Crippen molar-refractivity contribution < 1.29 is 5.11 Å². The molecule has 3 nitrogen and oxygen atoms in total. The van der Waals surface area contributed by atoms with Crippen molar-refractivity contribution in [1.29, 1.82) is 0 Å². The SMILES string of the molecule is CC(C)(CO)[C@@H](c1ccc2c(c1)Cc1ccccc1-2)N1CCNCC1. The topological polar surface area (TPSA) is 35.5 Å². The molecular formula is C22H28N2O. The highest BCUT2D eigenvalue weighted by Crippen LogP contribution is 2.42. The van der Waals surface area contributed by atoms with Crippen molar-refractivity contribution >= 4 is 0 Å². The van der Waals surface area contributed by atoms with E-state index >= 15 is 0 Å². The zero-order valence-electron chi connectivity index (χ0n) is 15.3. The lowest BCUT2D eigenvalue weighted by molar-refractivity contribution is 0.0305. The highest BCUT2D eigenvalue weighted by Gasteiger charge is 2.36. The van der Waals surface area contributed by atoms with Gasteiger partial charge < -0.3 is 10.4 Å². The van der Waals surface area contributed by atoms with Crippen LogP contribution in [0.5, 0.6) is 0 Å². The number of hydrogen-bond donors (Lipinski definition) is 2. The first kappa shape index (κ1) is 16.8. The zero-order valence-corrected chi connectivity index (χ0v) is 15.3. The van der Waals surface area contributed by atoms with Crippen molar-refractivity contribution in [2.24, 2.45) is 5.41 Å². The van der Waals surface area contributed by atoms with Gasteiger partial charge in [-0.15, -0.1) is 0 Å². The fourth-order valence-electron chi connectivity index (χ4n) is 4.52. The summed E-state index contributed by atoms with van der Waals surface area (Å²) in [6.45, 7) is 8.67. The van der Waals surface area contributed by atoms with E-state index < -0.39 is 0 Å². The molecule has 0 saturated carbocycles. The molecule has 0 aromatic heterocycles. The molecule has 3 heteroatoms. The molecule has 1 fully saturated rings. The number of aliphatic hydroxyl groups is 1. The summed E-state index contributed by atoms with van der Waals surface area (Å²) >= 11 is 0. The van der Waals surface area contributed by atoms with Crippen LogP contribution in [0.1, 0.15) is 36.6 Å². The predicted octanol–water partition coefficient (Wildman–Crippen LogP) is 3.22. The minimum absolute atomic E-state index is 0.170. The van der Waals surface area contributed by atoms with E-state index in [-0.39, 0.29) is 18.1 Å². The predicted molar refractivity (Wildman–Crippen MR) is 103 cm³/mol. The van der Waals surface area contributed by atoms with Crippen molar-refractivity contribution in [2.45, 2.75) is 26.3 Å². The van der Waals surface area contributed by atoms with Gasteiger partial charge in [-0.1, -0.05) is 56.3 Å². The van der Waals surface area contributed by atoms with Gasteiger partial charge in [0.1, 0.15) is 0 Å². The first-order chi connectivity index (χ1) is 12.1. The monoisotopic (exact) mass is 336 g/mol. The molecule has 2 N–H and O–H groups in total. The van der Waals surface area contributed by atoms with E-state index in [1.807, 2.05) is 0 Å². The van der Waals surface area contributed by atoms with E-state index in [1.165, 1.54) is 27.8 Å². The Morgan fingerprint density at radius 3 is 2.52 bits per heavy atom. The molecule has 0 unspecified atom stereocenters. The minimum atomic E-state index is -0.170. The van der Waals surface area contributed by atoms with Crippen LogP contribution in [-0.2, 0) is 6.42 Å². The fourth-order valence-corrected chi connectivity index (χ4v) is 4.52. The Balaban J connectivity index is 1.72. The van der Waals surface area contributed by atoms with Gasteiger partial charge in [0.15, 0.2) is 0 Å². The quantitative estimate of drug-likeness (QED) is 0.768. The number of aliphatic hydroxyl groups excluding tert-OH is 1. The van der Waals surface area contributed by atoms with Crippen LogP contribution in [-0.4, -0.2) is 42.8 Å². The van der Waals surface area contributed by atoms with Crippen molar-refractivity contribution in [1.82, 2.24) is 10.2 Å². The smallest absolute Gasteiger partial charge is 0.0500 e. The third kappa shape index (κ3) is 3.01. The van der Waals surface area contributed by atoms with Crippen LogP contribution in [0.3, 0.4) is 0 Å². The number of piperazine rings is 1. The number of nitrogens with zero attached hydrogens (tertiary/aromatic N) is 1. The van der Waals surface area contributed by atoms with Crippen LogP contribution >= 0.6 is 0 Å². The second kappa shape index (κ2) is 6.56. The lowest BCUT2D eigenvalue weighted by Gasteiger charge is -2.43. The van der Waals surface area contributed by atoms with Crippen molar-refractivity contribution in [3.05, 3.63) is 59.2 Å². The molecule has 1 atom stereocenters. The molecule has 1 aliphatic heterocycles.